The van der Waals surface area contributed by atoms with Gasteiger partial charge in [-0.05, 0) is 87.1 Å². The summed E-state index contributed by atoms with van der Waals surface area (Å²) in [5.74, 6) is -6.26. The molecular formula is C45H52F6O4. The van der Waals surface area contributed by atoms with Crippen molar-refractivity contribution >= 4 is 0 Å². The van der Waals surface area contributed by atoms with Crippen molar-refractivity contribution in [3.05, 3.63) is 108 Å². The third-order valence-electron chi connectivity index (χ3n) is 9.68. The van der Waals surface area contributed by atoms with Gasteiger partial charge in [-0.15, -0.1) is 6.58 Å². The standard InChI is InChI=1S/C45H52F6O4/c1-3-31(17-13-9-5-7-11-15-27-54-32-19-21-34(38(46)29-32)36-23-25-40(52)44(50)42(36)48)18-14-10-6-8-12-16-28-55-33-20-22-35(39(47)30-33)37-24-26-41(53-4-2)45(51)43(37)49/h3,19-26,29-31,52H,1,4-18,27-28H2,2H3. The van der Waals surface area contributed by atoms with Gasteiger partial charge in [0, 0.05) is 34.4 Å². The lowest BCUT2D eigenvalue weighted by Gasteiger charge is -2.12. The zero-order valence-corrected chi connectivity index (χ0v) is 31.6. The molecule has 4 aromatic rings. The minimum Gasteiger partial charge on any atom is -0.505 e. The van der Waals surface area contributed by atoms with Crippen molar-refractivity contribution in [2.45, 2.75) is 96.8 Å². The molecule has 4 aromatic carbocycles. The van der Waals surface area contributed by atoms with E-state index in [4.69, 9.17) is 14.2 Å². The molecule has 0 spiro atoms. The van der Waals surface area contributed by atoms with Gasteiger partial charge in [0.05, 0.1) is 19.8 Å². The summed E-state index contributed by atoms with van der Waals surface area (Å²) in [5, 5.41) is 9.30. The van der Waals surface area contributed by atoms with Gasteiger partial charge in [-0.2, -0.15) is 8.78 Å². The van der Waals surface area contributed by atoms with Gasteiger partial charge in [-0.25, -0.2) is 17.6 Å². The molecule has 4 rings (SSSR count). The number of halogens is 6. The number of phenolic OH excluding ortho intramolecular Hbond substituents is 1. The molecule has 298 valence electrons. The van der Waals surface area contributed by atoms with E-state index in [1.54, 1.807) is 13.0 Å². The average Bonchev–Trinajstić information content (AvgIpc) is 3.17. The summed E-state index contributed by atoms with van der Waals surface area (Å²) in [6.07, 6.45) is 17.1. The van der Waals surface area contributed by atoms with Crippen LogP contribution in [-0.2, 0) is 0 Å². The Balaban J connectivity index is 0.985. The predicted octanol–water partition coefficient (Wildman–Crippen LogP) is 13.7. The third kappa shape index (κ3) is 13.0. The molecule has 0 aromatic heterocycles. The topological polar surface area (TPSA) is 47.9 Å². The second-order valence-electron chi connectivity index (χ2n) is 13.7. The van der Waals surface area contributed by atoms with Crippen LogP contribution in [0.4, 0.5) is 26.3 Å². The summed E-state index contributed by atoms with van der Waals surface area (Å²) in [6.45, 7) is 6.78. The Morgan fingerprint density at radius 1 is 0.527 bits per heavy atom. The van der Waals surface area contributed by atoms with Crippen molar-refractivity contribution < 1.29 is 45.7 Å². The summed E-state index contributed by atoms with van der Waals surface area (Å²) in [6, 6.07) is 12.9. The molecule has 10 heteroatoms. The second-order valence-corrected chi connectivity index (χ2v) is 13.7. The van der Waals surface area contributed by atoms with Gasteiger partial charge in [-0.3, -0.25) is 0 Å². The lowest BCUT2D eigenvalue weighted by molar-refractivity contribution is 0.302. The molecule has 0 saturated carbocycles. The minimum absolute atomic E-state index is 0.0429. The van der Waals surface area contributed by atoms with E-state index in [9.17, 15) is 31.4 Å². The van der Waals surface area contributed by atoms with E-state index in [0.29, 0.717) is 30.6 Å². The Bertz CT molecular complexity index is 1810. The molecule has 0 aliphatic heterocycles. The van der Waals surface area contributed by atoms with Crippen LogP contribution in [0.25, 0.3) is 22.3 Å². The molecule has 0 radical (unpaired) electrons. The average molecular weight is 771 g/mol. The van der Waals surface area contributed by atoms with E-state index in [-0.39, 0.29) is 34.6 Å². The molecule has 1 unspecified atom stereocenters. The number of hydrogen-bond acceptors (Lipinski definition) is 4. The van der Waals surface area contributed by atoms with Crippen LogP contribution in [0.1, 0.15) is 96.8 Å². The molecule has 0 heterocycles. The van der Waals surface area contributed by atoms with Gasteiger partial charge < -0.3 is 19.3 Å². The number of benzene rings is 4. The van der Waals surface area contributed by atoms with E-state index in [1.165, 1.54) is 36.4 Å². The quantitative estimate of drug-likeness (QED) is 0.0414. The molecule has 1 N–H and O–H groups in total. The zero-order valence-electron chi connectivity index (χ0n) is 31.6. The summed E-state index contributed by atoms with van der Waals surface area (Å²) in [7, 11) is 0. The Morgan fingerprint density at radius 3 is 1.44 bits per heavy atom. The van der Waals surface area contributed by atoms with Crippen LogP contribution in [0, 0.1) is 40.8 Å². The van der Waals surface area contributed by atoms with Crippen LogP contribution in [0.2, 0.25) is 0 Å². The van der Waals surface area contributed by atoms with Crippen molar-refractivity contribution in [3.8, 4) is 45.3 Å². The maximum atomic E-state index is 14.8. The van der Waals surface area contributed by atoms with Gasteiger partial charge >= 0.3 is 0 Å². The number of unbranched alkanes of at least 4 members (excludes halogenated alkanes) is 10. The maximum Gasteiger partial charge on any atom is 0.201 e. The summed E-state index contributed by atoms with van der Waals surface area (Å²) in [5.41, 5.74) is -0.589. The number of phenols is 1. The molecule has 0 saturated heterocycles. The van der Waals surface area contributed by atoms with Crippen LogP contribution < -0.4 is 14.2 Å². The highest BCUT2D eigenvalue weighted by Gasteiger charge is 2.19. The first-order chi connectivity index (χ1) is 26.6. The SMILES string of the molecule is C=CC(CCCCCCCCOc1ccc(-c2ccc(O)c(F)c2F)c(F)c1)CCCCCCCCOc1ccc(-c2ccc(OCC)c(F)c2F)c(F)c1. The number of aromatic hydroxyl groups is 1. The lowest BCUT2D eigenvalue weighted by Crippen LogP contribution is -2.00. The lowest BCUT2D eigenvalue weighted by atomic mass is 9.94. The van der Waals surface area contributed by atoms with Crippen molar-refractivity contribution in [3.63, 3.8) is 0 Å². The Labute approximate surface area is 321 Å². The van der Waals surface area contributed by atoms with Crippen LogP contribution in [0.3, 0.4) is 0 Å². The van der Waals surface area contributed by atoms with Gasteiger partial charge in [-0.1, -0.05) is 70.3 Å². The molecule has 1 atom stereocenters. The van der Waals surface area contributed by atoms with Gasteiger partial charge in [0.25, 0.3) is 0 Å². The first-order valence-electron chi connectivity index (χ1n) is 19.4. The van der Waals surface area contributed by atoms with Crippen LogP contribution in [0.15, 0.2) is 73.3 Å². The molecule has 0 aliphatic rings. The first-order valence-corrected chi connectivity index (χ1v) is 19.4. The Hall–Kier alpha value is -4.60. The first kappa shape index (κ1) is 43.1. The summed E-state index contributed by atoms with van der Waals surface area (Å²) in [4.78, 5) is 0. The molecule has 0 fully saturated rings. The van der Waals surface area contributed by atoms with E-state index in [2.05, 4.69) is 12.7 Å². The minimum atomic E-state index is -1.41. The van der Waals surface area contributed by atoms with Crippen molar-refractivity contribution in [2.75, 3.05) is 19.8 Å². The molecule has 4 nitrogen and oxygen atoms in total. The number of allylic oxidation sites excluding steroid dienone is 1. The fourth-order valence-corrected chi connectivity index (χ4v) is 6.55. The maximum absolute atomic E-state index is 14.8. The van der Waals surface area contributed by atoms with Gasteiger partial charge in [0.1, 0.15) is 23.1 Å². The molecule has 0 aliphatic carbocycles. The van der Waals surface area contributed by atoms with Crippen molar-refractivity contribution in [1.29, 1.82) is 0 Å². The number of ether oxygens (including phenoxy) is 3. The molecule has 0 bridgehead atoms. The smallest absolute Gasteiger partial charge is 0.201 e. The highest BCUT2D eigenvalue weighted by Crippen LogP contribution is 2.34. The zero-order chi connectivity index (χ0) is 39.6. The Kier molecular flexibility index (Phi) is 17.8. The highest BCUT2D eigenvalue weighted by atomic mass is 19.2. The molecular weight excluding hydrogens is 718 g/mol. The Morgan fingerprint density at radius 2 is 0.964 bits per heavy atom. The van der Waals surface area contributed by atoms with Crippen molar-refractivity contribution in [2.24, 2.45) is 5.92 Å². The number of hydrogen-bond donors (Lipinski definition) is 1. The van der Waals surface area contributed by atoms with Crippen molar-refractivity contribution in [1.82, 2.24) is 0 Å². The summed E-state index contributed by atoms with van der Waals surface area (Å²) < 4.78 is 102. The van der Waals surface area contributed by atoms with Crippen LogP contribution in [-0.4, -0.2) is 24.9 Å². The second kappa shape index (κ2) is 22.7. The fourth-order valence-electron chi connectivity index (χ4n) is 6.55. The van der Waals surface area contributed by atoms with Gasteiger partial charge in [0.2, 0.25) is 11.6 Å². The monoisotopic (exact) mass is 770 g/mol. The highest BCUT2D eigenvalue weighted by molar-refractivity contribution is 5.67. The fraction of sp³-hybridized carbons (Fsp3) is 0.422. The van der Waals surface area contributed by atoms with Gasteiger partial charge in [0.15, 0.2) is 23.1 Å². The third-order valence-corrected chi connectivity index (χ3v) is 9.68. The number of rotatable bonds is 25. The molecule has 0 amide bonds. The predicted molar refractivity (Wildman–Crippen MR) is 206 cm³/mol. The van der Waals surface area contributed by atoms with Crippen LogP contribution >= 0.6 is 0 Å². The largest absolute Gasteiger partial charge is 0.505 e. The van der Waals surface area contributed by atoms with E-state index < -0.39 is 40.7 Å². The van der Waals surface area contributed by atoms with E-state index in [0.717, 1.165) is 108 Å². The molecule has 55 heavy (non-hydrogen) atoms. The van der Waals surface area contributed by atoms with E-state index >= 15 is 0 Å². The summed E-state index contributed by atoms with van der Waals surface area (Å²) >= 11 is 0. The van der Waals surface area contributed by atoms with Crippen LogP contribution in [0.5, 0.6) is 23.0 Å². The normalized spacial score (nSPS) is 11.8. The van der Waals surface area contributed by atoms with E-state index in [1.807, 2.05) is 0 Å².